The van der Waals surface area contributed by atoms with Crippen molar-refractivity contribution in [3.05, 3.63) is 59.7 Å². The molecule has 0 radical (unpaired) electrons. The molecule has 1 N–H and O–H groups in total. The summed E-state index contributed by atoms with van der Waals surface area (Å²) < 4.78 is 6.04. The summed E-state index contributed by atoms with van der Waals surface area (Å²) in [5.74, 6) is 4.31. The number of hydrogen-bond donors (Lipinski definition) is 1. The highest BCUT2D eigenvalue weighted by Crippen LogP contribution is 2.62. The van der Waals surface area contributed by atoms with Gasteiger partial charge in [-0.15, -0.1) is 0 Å². The molecular weight excluding hydrogens is 384 g/mol. The lowest BCUT2D eigenvalue weighted by Crippen LogP contribution is -2.48. The number of hydrogen-bond acceptors (Lipinski definition) is 3. The third-order valence-electron chi connectivity index (χ3n) is 7.61. The number of ether oxygens (including phenoxy) is 1. The largest absolute Gasteiger partial charge is 0.508 e. The molecular formula is C28H36O3. The second-order valence-corrected chi connectivity index (χ2v) is 9.90. The Morgan fingerprint density at radius 3 is 2.03 bits per heavy atom. The first-order valence-corrected chi connectivity index (χ1v) is 12.0. The molecule has 0 aliphatic heterocycles. The van der Waals surface area contributed by atoms with Gasteiger partial charge in [-0.25, -0.2) is 0 Å². The molecule has 4 saturated carbocycles. The molecule has 2 aromatic carbocycles. The first-order valence-electron chi connectivity index (χ1n) is 12.0. The molecule has 4 aliphatic rings. The Kier molecular flexibility index (Phi) is 6.69. The van der Waals surface area contributed by atoms with E-state index in [1.165, 1.54) is 44.1 Å². The van der Waals surface area contributed by atoms with E-state index in [0.717, 1.165) is 29.1 Å². The van der Waals surface area contributed by atoms with Crippen molar-refractivity contribution in [2.75, 3.05) is 0 Å². The maximum absolute atomic E-state index is 10.6. The highest BCUT2D eigenvalue weighted by Gasteiger charge is 2.52. The van der Waals surface area contributed by atoms with Gasteiger partial charge in [0.1, 0.15) is 23.9 Å². The molecule has 4 aliphatic carbocycles. The van der Waals surface area contributed by atoms with E-state index in [-0.39, 0.29) is 5.41 Å². The van der Waals surface area contributed by atoms with Gasteiger partial charge in [0.2, 0.25) is 0 Å². The molecule has 3 nitrogen and oxygen atoms in total. The molecule has 6 rings (SSSR count). The third kappa shape index (κ3) is 4.97. The lowest BCUT2D eigenvalue weighted by molar-refractivity contribution is -0.118. The molecule has 4 fully saturated rings. The number of carbonyl (C=O) groups excluding carboxylic acids is 1. The number of phenolic OH excluding ortho intramolecular Hbond substituents is 1. The SMILES string of the molecule is CCC(=O)CC.Oc1ccc(OCc2ccccc2)cc1C12CC3CC(CC(C3)C1)C2. The van der Waals surface area contributed by atoms with Crippen molar-refractivity contribution in [1.82, 2.24) is 0 Å². The zero-order valence-corrected chi connectivity index (χ0v) is 19.0. The summed E-state index contributed by atoms with van der Waals surface area (Å²) in [6, 6.07) is 16.1. The summed E-state index contributed by atoms with van der Waals surface area (Å²) >= 11 is 0. The van der Waals surface area contributed by atoms with Crippen LogP contribution in [0.25, 0.3) is 0 Å². The number of ketones is 1. The van der Waals surface area contributed by atoms with Crippen molar-refractivity contribution in [2.24, 2.45) is 17.8 Å². The topological polar surface area (TPSA) is 46.5 Å². The first-order chi connectivity index (χ1) is 15.0. The van der Waals surface area contributed by atoms with Gasteiger partial charge in [-0.1, -0.05) is 44.2 Å². The van der Waals surface area contributed by atoms with Crippen LogP contribution in [0.5, 0.6) is 11.5 Å². The third-order valence-corrected chi connectivity index (χ3v) is 7.61. The molecule has 166 valence electrons. The quantitative estimate of drug-likeness (QED) is 0.558. The monoisotopic (exact) mass is 420 g/mol. The lowest BCUT2D eigenvalue weighted by Gasteiger charge is -2.57. The van der Waals surface area contributed by atoms with Gasteiger partial charge in [-0.05, 0) is 85.5 Å². The number of benzene rings is 2. The molecule has 3 heteroatoms. The molecule has 0 heterocycles. The Morgan fingerprint density at radius 2 is 1.52 bits per heavy atom. The predicted octanol–water partition coefficient (Wildman–Crippen LogP) is 6.81. The van der Waals surface area contributed by atoms with Gasteiger partial charge in [-0.3, -0.25) is 4.79 Å². The van der Waals surface area contributed by atoms with Crippen LogP contribution in [-0.2, 0) is 16.8 Å². The van der Waals surface area contributed by atoms with Crippen molar-refractivity contribution in [3.63, 3.8) is 0 Å². The van der Waals surface area contributed by atoms with E-state index in [9.17, 15) is 9.90 Å². The second kappa shape index (κ2) is 9.46. The zero-order chi connectivity index (χ0) is 21.8. The molecule has 0 aromatic heterocycles. The summed E-state index contributed by atoms with van der Waals surface area (Å²) in [5.41, 5.74) is 2.52. The predicted molar refractivity (Wildman–Crippen MR) is 124 cm³/mol. The van der Waals surface area contributed by atoms with Crippen molar-refractivity contribution in [2.45, 2.75) is 77.2 Å². The van der Waals surface area contributed by atoms with Gasteiger partial charge in [0.25, 0.3) is 0 Å². The molecule has 31 heavy (non-hydrogen) atoms. The van der Waals surface area contributed by atoms with Gasteiger partial charge in [0.05, 0.1) is 0 Å². The number of Topliss-reactive ketones (excluding diaryl/α,β-unsaturated/α-hetero) is 1. The highest BCUT2D eigenvalue weighted by molar-refractivity contribution is 5.77. The van der Waals surface area contributed by atoms with E-state index in [2.05, 4.69) is 18.2 Å². The van der Waals surface area contributed by atoms with Crippen LogP contribution in [-0.4, -0.2) is 10.9 Å². The fourth-order valence-corrected chi connectivity index (χ4v) is 6.46. The van der Waals surface area contributed by atoms with Crippen molar-refractivity contribution < 1.29 is 14.6 Å². The van der Waals surface area contributed by atoms with Crippen LogP contribution < -0.4 is 4.74 Å². The van der Waals surface area contributed by atoms with E-state index in [1.807, 2.05) is 44.2 Å². The summed E-state index contributed by atoms with van der Waals surface area (Å²) in [7, 11) is 0. The number of carbonyl (C=O) groups is 1. The van der Waals surface area contributed by atoms with Crippen LogP contribution in [0.15, 0.2) is 48.5 Å². The number of phenols is 1. The van der Waals surface area contributed by atoms with Gasteiger partial charge in [0.15, 0.2) is 0 Å². The summed E-state index contributed by atoms with van der Waals surface area (Å²) in [6.45, 7) is 4.34. The fraction of sp³-hybridized carbons (Fsp3) is 0.536. The van der Waals surface area contributed by atoms with E-state index < -0.39 is 0 Å². The van der Waals surface area contributed by atoms with Crippen LogP contribution >= 0.6 is 0 Å². The average molecular weight is 421 g/mol. The zero-order valence-electron chi connectivity index (χ0n) is 19.0. The van der Waals surface area contributed by atoms with Crippen LogP contribution in [0.3, 0.4) is 0 Å². The van der Waals surface area contributed by atoms with E-state index in [4.69, 9.17) is 4.74 Å². The van der Waals surface area contributed by atoms with Crippen LogP contribution in [0, 0.1) is 17.8 Å². The summed E-state index contributed by atoms with van der Waals surface area (Å²) in [6.07, 6.45) is 9.42. The Bertz CT molecular complexity index is 845. The minimum Gasteiger partial charge on any atom is -0.508 e. The van der Waals surface area contributed by atoms with Gasteiger partial charge < -0.3 is 9.84 Å². The highest BCUT2D eigenvalue weighted by atomic mass is 16.5. The van der Waals surface area contributed by atoms with E-state index >= 15 is 0 Å². The Balaban J connectivity index is 0.000000342. The normalized spacial score (nSPS) is 28.0. The maximum atomic E-state index is 10.6. The van der Waals surface area contributed by atoms with Crippen LogP contribution in [0.1, 0.15) is 76.3 Å². The first kappa shape index (κ1) is 21.9. The molecule has 0 amide bonds. The van der Waals surface area contributed by atoms with Crippen molar-refractivity contribution >= 4 is 5.78 Å². The molecule has 0 atom stereocenters. The van der Waals surface area contributed by atoms with Gasteiger partial charge in [-0.2, -0.15) is 0 Å². The van der Waals surface area contributed by atoms with Crippen LogP contribution in [0.2, 0.25) is 0 Å². The molecule has 0 saturated heterocycles. The molecule has 2 aromatic rings. The summed E-state index contributed by atoms with van der Waals surface area (Å²) in [5, 5.41) is 10.6. The molecule has 0 spiro atoms. The summed E-state index contributed by atoms with van der Waals surface area (Å²) in [4.78, 5) is 10.2. The fourth-order valence-electron chi connectivity index (χ4n) is 6.46. The lowest BCUT2D eigenvalue weighted by atomic mass is 9.48. The average Bonchev–Trinajstić information content (AvgIpc) is 2.78. The Labute approximate surface area is 186 Å². The Morgan fingerprint density at radius 1 is 0.935 bits per heavy atom. The number of aromatic hydroxyl groups is 1. The smallest absolute Gasteiger partial charge is 0.132 e. The standard InChI is InChI=1S/C23H26O2.C5H10O/c24-22-7-6-20(25-15-16-4-2-1-3-5-16)11-21(22)23-12-17-8-18(13-23)10-19(9-17)14-23;1-3-5(6)4-2/h1-7,11,17-19,24H,8-10,12-15H2;3-4H2,1-2H3. The van der Waals surface area contributed by atoms with Crippen molar-refractivity contribution in [3.8, 4) is 11.5 Å². The van der Waals surface area contributed by atoms with E-state index in [0.29, 0.717) is 31.0 Å². The maximum Gasteiger partial charge on any atom is 0.132 e. The van der Waals surface area contributed by atoms with Crippen molar-refractivity contribution in [1.29, 1.82) is 0 Å². The Hall–Kier alpha value is -2.29. The van der Waals surface area contributed by atoms with Crippen LogP contribution in [0.4, 0.5) is 0 Å². The molecule has 4 bridgehead atoms. The van der Waals surface area contributed by atoms with E-state index in [1.54, 1.807) is 0 Å². The minimum absolute atomic E-state index is 0.199. The number of rotatable bonds is 6. The van der Waals surface area contributed by atoms with Gasteiger partial charge in [0, 0.05) is 18.4 Å². The minimum atomic E-state index is 0.199. The second-order valence-electron chi connectivity index (χ2n) is 9.90. The molecule has 0 unspecified atom stereocenters. The van der Waals surface area contributed by atoms with Gasteiger partial charge >= 0.3 is 0 Å².